The quantitative estimate of drug-likeness (QED) is 0.938. The van der Waals surface area contributed by atoms with Crippen molar-refractivity contribution < 1.29 is 4.79 Å². The molecular formula is C17H15ClN2O. The maximum Gasteiger partial charge on any atom is 0.251 e. The molecule has 0 aliphatic carbocycles. The molecule has 2 rings (SSSR count). The summed E-state index contributed by atoms with van der Waals surface area (Å²) in [7, 11) is 0. The van der Waals surface area contributed by atoms with E-state index in [1.54, 1.807) is 24.3 Å². The van der Waals surface area contributed by atoms with Crippen LogP contribution < -0.4 is 5.32 Å². The van der Waals surface area contributed by atoms with Gasteiger partial charge in [0.25, 0.3) is 5.91 Å². The van der Waals surface area contributed by atoms with Crippen molar-refractivity contribution in [3.63, 3.8) is 0 Å². The SMILES string of the molecule is C[C@H](Cc1cccc(Cl)c1)NC(=O)c1ccc(C#N)cc1. The molecular weight excluding hydrogens is 284 g/mol. The summed E-state index contributed by atoms with van der Waals surface area (Å²) >= 11 is 5.94. The molecule has 0 spiro atoms. The Labute approximate surface area is 129 Å². The lowest BCUT2D eigenvalue weighted by Gasteiger charge is -2.14. The van der Waals surface area contributed by atoms with Gasteiger partial charge in [0.15, 0.2) is 0 Å². The van der Waals surface area contributed by atoms with Gasteiger partial charge in [0.2, 0.25) is 0 Å². The molecule has 0 aliphatic rings. The van der Waals surface area contributed by atoms with Crippen molar-refractivity contribution in [1.29, 1.82) is 5.26 Å². The number of halogens is 1. The van der Waals surface area contributed by atoms with E-state index >= 15 is 0 Å². The van der Waals surface area contributed by atoms with Crippen LogP contribution in [0.3, 0.4) is 0 Å². The maximum absolute atomic E-state index is 12.1. The van der Waals surface area contributed by atoms with Gasteiger partial charge in [-0.3, -0.25) is 4.79 Å². The Kier molecular flexibility index (Phi) is 4.97. The molecule has 2 aromatic carbocycles. The topological polar surface area (TPSA) is 52.9 Å². The van der Waals surface area contributed by atoms with E-state index in [0.29, 0.717) is 22.6 Å². The van der Waals surface area contributed by atoms with Crippen molar-refractivity contribution in [3.8, 4) is 6.07 Å². The van der Waals surface area contributed by atoms with E-state index in [1.807, 2.05) is 37.3 Å². The van der Waals surface area contributed by atoms with Gasteiger partial charge in [0, 0.05) is 16.6 Å². The first-order valence-corrected chi connectivity index (χ1v) is 7.02. The number of carbonyl (C=O) groups is 1. The van der Waals surface area contributed by atoms with Crippen LogP contribution in [0.5, 0.6) is 0 Å². The number of amides is 1. The van der Waals surface area contributed by atoms with E-state index in [-0.39, 0.29) is 11.9 Å². The minimum absolute atomic E-state index is 0.00777. The third-order valence-corrected chi connectivity index (χ3v) is 3.32. The Morgan fingerprint density at radius 1 is 1.29 bits per heavy atom. The summed E-state index contributed by atoms with van der Waals surface area (Å²) in [5.41, 5.74) is 2.17. The standard InChI is InChI=1S/C17H15ClN2O/c1-12(9-14-3-2-4-16(18)10-14)20-17(21)15-7-5-13(11-19)6-8-15/h2-8,10,12H,9H2,1H3,(H,20,21)/t12-/m1/s1. The molecule has 0 saturated carbocycles. The van der Waals surface area contributed by atoms with Crippen molar-refractivity contribution >= 4 is 17.5 Å². The first-order valence-electron chi connectivity index (χ1n) is 6.64. The van der Waals surface area contributed by atoms with Crippen molar-refractivity contribution in [2.24, 2.45) is 0 Å². The van der Waals surface area contributed by atoms with Gasteiger partial charge in [-0.15, -0.1) is 0 Å². The summed E-state index contributed by atoms with van der Waals surface area (Å²) in [5.74, 6) is -0.144. The van der Waals surface area contributed by atoms with Gasteiger partial charge in [-0.05, 0) is 55.3 Å². The summed E-state index contributed by atoms with van der Waals surface area (Å²) in [4.78, 5) is 12.1. The van der Waals surface area contributed by atoms with Crippen LogP contribution in [0.15, 0.2) is 48.5 Å². The van der Waals surface area contributed by atoms with Crippen LogP contribution in [0.25, 0.3) is 0 Å². The molecule has 106 valence electrons. The second-order valence-corrected chi connectivity index (χ2v) is 5.33. The van der Waals surface area contributed by atoms with Crippen molar-refractivity contribution in [3.05, 3.63) is 70.2 Å². The monoisotopic (exact) mass is 298 g/mol. The van der Waals surface area contributed by atoms with E-state index in [1.165, 1.54) is 0 Å². The Bertz CT molecular complexity index is 674. The van der Waals surface area contributed by atoms with Crippen LogP contribution in [0, 0.1) is 11.3 Å². The largest absolute Gasteiger partial charge is 0.349 e. The first kappa shape index (κ1) is 15.1. The minimum Gasteiger partial charge on any atom is -0.349 e. The highest BCUT2D eigenvalue weighted by molar-refractivity contribution is 6.30. The maximum atomic E-state index is 12.1. The average Bonchev–Trinajstić information content (AvgIpc) is 2.47. The number of nitriles is 1. The highest BCUT2D eigenvalue weighted by atomic mass is 35.5. The first-order chi connectivity index (χ1) is 10.1. The second kappa shape index (κ2) is 6.92. The normalized spacial score (nSPS) is 11.5. The van der Waals surface area contributed by atoms with Crippen LogP contribution in [-0.2, 0) is 6.42 Å². The third-order valence-electron chi connectivity index (χ3n) is 3.08. The molecule has 4 heteroatoms. The fourth-order valence-electron chi connectivity index (χ4n) is 2.07. The van der Waals surface area contributed by atoms with Gasteiger partial charge in [-0.2, -0.15) is 5.26 Å². The highest BCUT2D eigenvalue weighted by Crippen LogP contribution is 2.12. The molecule has 1 atom stereocenters. The predicted molar refractivity (Wildman–Crippen MR) is 83.2 cm³/mol. The molecule has 3 nitrogen and oxygen atoms in total. The Morgan fingerprint density at radius 2 is 2.00 bits per heavy atom. The molecule has 0 fully saturated rings. The number of benzene rings is 2. The Hall–Kier alpha value is -2.31. The number of hydrogen-bond acceptors (Lipinski definition) is 2. The summed E-state index contributed by atoms with van der Waals surface area (Å²) in [6.07, 6.45) is 0.711. The molecule has 0 heterocycles. The number of hydrogen-bond donors (Lipinski definition) is 1. The molecule has 0 aliphatic heterocycles. The van der Waals surface area contributed by atoms with Crippen LogP contribution in [0.1, 0.15) is 28.4 Å². The molecule has 1 N–H and O–H groups in total. The number of nitrogens with zero attached hydrogens (tertiary/aromatic N) is 1. The molecule has 1 amide bonds. The average molecular weight is 299 g/mol. The van der Waals surface area contributed by atoms with Crippen LogP contribution in [-0.4, -0.2) is 11.9 Å². The zero-order chi connectivity index (χ0) is 15.2. The number of rotatable bonds is 4. The van der Waals surface area contributed by atoms with Gasteiger partial charge in [-0.25, -0.2) is 0 Å². The fourth-order valence-corrected chi connectivity index (χ4v) is 2.28. The van der Waals surface area contributed by atoms with Gasteiger partial charge in [0.1, 0.15) is 0 Å². The van der Waals surface area contributed by atoms with Crippen molar-refractivity contribution in [1.82, 2.24) is 5.32 Å². The molecule has 0 bridgehead atoms. The molecule has 21 heavy (non-hydrogen) atoms. The van der Waals surface area contributed by atoms with Crippen molar-refractivity contribution in [2.75, 3.05) is 0 Å². The summed E-state index contributed by atoms with van der Waals surface area (Å²) in [5, 5.41) is 12.4. The van der Waals surface area contributed by atoms with Gasteiger partial charge >= 0.3 is 0 Å². The number of carbonyl (C=O) groups excluding carboxylic acids is 1. The lowest BCUT2D eigenvalue weighted by atomic mass is 10.1. The molecule has 2 aromatic rings. The lowest BCUT2D eigenvalue weighted by Crippen LogP contribution is -2.34. The van der Waals surface area contributed by atoms with Gasteiger partial charge in [0.05, 0.1) is 11.6 Å². The van der Waals surface area contributed by atoms with Gasteiger partial charge in [-0.1, -0.05) is 23.7 Å². The van der Waals surface area contributed by atoms with E-state index in [2.05, 4.69) is 5.32 Å². The van der Waals surface area contributed by atoms with Crippen LogP contribution in [0.4, 0.5) is 0 Å². The van der Waals surface area contributed by atoms with E-state index < -0.39 is 0 Å². The molecule has 0 unspecified atom stereocenters. The fraction of sp³-hybridized carbons (Fsp3) is 0.176. The third kappa shape index (κ3) is 4.34. The van der Waals surface area contributed by atoms with E-state index in [0.717, 1.165) is 5.56 Å². The Morgan fingerprint density at radius 3 is 2.62 bits per heavy atom. The Balaban J connectivity index is 1.97. The van der Waals surface area contributed by atoms with Crippen molar-refractivity contribution in [2.45, 2.75) is 19.4 Å². The highest BCUT2D eigenvalue weighted by Gasteiger charge is 2.10. The van der Waals surface area contributed by atoms with E-state index in [4.69, 9.17) is 16.9 Å². The van der Waals surface area contributed by atoms with Gasteiger partial charge < -0.3 is 5.32 Å². The molecule has 0 aromatic heterocycles. The number of nitrogens with one attached hydrogen (secondary N) is 1. The van der Waals surface area contributed by atoms with E-state index in [9.17, 15) is 4.79 Å². The summed E-state index contributed by atoms with van der Waals surface area (Å²) in [6, 6.07) is 16.2. The van der Waals surface area contributed by atoms with Crippen LogP contribution in [0.2, 0.25) is 5.02 Å². The molecule has 0 saturated heterocycles. The summed E-state index contributed by atoms with van der Waals surface area (Å²) in [6.45, 7) is 1.95. The van der Waals surface area contributed by atoms with Crippen LogP contribution >= 0.6 is 11.6 Å². The zero-order valence-electron chi connectivity index (χ0n) is 11.6. The summed E-state index contributed by atoms with van der Waals surface area (Å²) < 4.78 is 0. The second-order valence-electron chi connectivity index (χ2n) is 4.90. The predicted octanol–water partition coefficient (Wildman–Crippen LogP) is 3.57. The molecule has 0 radical (unpaired) electrons. The lowest BCUT2D eigenvalue weighted by molar-refractivity contribution is 0.0940. The minimum atomic E-state index is -0.144. The zero-order valence-corrected chi connectivity index (χ0v) is 12.4. The smallest absolute Gasteiger partial charge is 0.251 e.